The maximum Gasteiger partial charge on any atom is 0.408 e. The number of nitrogens with one attached hydrogen (secondary N) is 4. The van der Waals surface area contributed by atoms with E-state index in [0.717, 1.165) is 44.8 Å². The van der Waals surface area contributed by atoms with E-state index in [0.29, 0.717) is 51.8 Å². The predicted molar refractivity (Wildman–Crippen MR) is 325 cm³/mol. The zero-order chi connectivity index (χ0) is 60.8. The van der Waals surface area contributed by atoms with E-state index in [2.05, 4.69) is 80.8 Å². The van der Waals surface area contributed by atoms with Crippen LogP contribution in [0.3, 0.4) is 0 Å². The van der Waals surface area contributed by atoms with Crippen molar-refractivity contribution in [2.75, 3.05) is 32.6 Å². The first-order valence-electron chi connectivity index (χ1n) is 27.8. The van der Waals surface area contributed by atoms with Crippen LogP contribution in [0, 0.1) is 18.8 Å². The average molecular weight is 1630 g/mol. The van der Waals surface area contributed by atoms with Crippen LogP contribution in [0.4, 0.5) is 9.59 Å². The number of rotatable bonds is 9. The molecule has 4 fully saturated rings. The number of carbonyl (C=O) groups is 8. The molecule has 85 heavy (non-hydrogen) atoms. The standard InChI is InChI=1S/C27H40N7O6.C26H41N3O9S.2CH4.I3.Y/c1-6-39-24(37)27-15-18(27)12-10-8-7-9-11-13-20(28-25(38)40-26(3,4)5)23(36)33-16-19(14-21(33)22(35)29-27)34-31-17(2)30-32-34;1-6-36-23(32)26-15-17(26)12-10-8-7-9-11-13-19(27-24(33)37-25(2,3)4)22(31)29-16-18(38-39(5,34)35)14-20(29)21(30)28-26;;;1-3-2;/h10,12,18-21H,2,6-9,11,13-16H2,1,3-5H3,(H,28,38)(H,29,35);10,12,17-20H,6-9,11,13-16H2,1-5H3,(H,27,33)(H,28,30);2*1H4;;/q-1;;;;-1;/b2*12-10-;;;;/t18-,19?,20+,21+,27-;17-,18?,19+,20+,26-;;;;/m11..../s1. The van der Waals surface area contributed by atoms with Crippen LogP contribution in [0.25, 0.3) is 0 Å². The Hall–Kier alpha value is -3.02. The Balaban J connectivity index is 0.000000536. The van der Waals surface area contributed by atoms with Crippen molar-refractivity contribution in [3.8, 4) is 0 Å². The topological polar surface area (TPSA) is 315 Å². The number of esters is 2. The Morgan fingerprint density at radius 1 is 0.729 bits per heavy atom. The van der Waals surface area contributed by atoms with Gasteiger partial charge in [0.15, 0.2) is 0 Å². The first-order chi connectivity index (χ1) is 38.5. The fraction of sp³-hybridized carbons (Fsp3) is 0.745. The molecule has 2 aliphatic carbocycles. The molecule has 1 aromatic rings. The van der Waals surface area contributed by atoms with Crippen LogP contribution in [0.1, 0.15) is 172 Å². The van der Waals surface area contributed by atoms with Gasteiger partial charge in [-0.15, -0.1) is 5.10 Å². The molecule has 6 amide bonds. The van der Waals surface area contributed by atoms with Crippen LogP contribution in [0.5, 0.6) is 0 Å². The summed E-state index contributed by atoms with van der Waals surface area (Å²) in [5.41, 5.74) is -3.95. The molecule has 4 N–H and O–H groups in total. The van der Waals surface area contributed by atoms with Gasteiger partial charge >= 0.3 is 74.6 Å². The van der Waals surface area contributed by atoms with Gasteiger partial charge in [0.2, 0.25) is 23.6 Å². The van der Waals surface area contributed by atoms with E-state index in [4.69, 9.17) is 23.1 Å². The molecule has 10 atom stereocenters. The van der Waals surface area contributed by atoms with Gasteiger partial charge < -0.3 is 56.9 Å². The van der Waals surface area contributed by atoms with E-state index in [9.17, 15) is 46.8 Å². The van der Waals surface area contributed by atoms with Gasteiger partial charge in [-0.1, -0.05) is 64.8 Å². The fourth-order valence-corrected chi connectivity index (χ4v) is 11.1. The molecular weight excluding hydrogens is 1540 g/mol. The van der Waals surface area contributed by atoms with Crippen molar-refractivity contribution in [2.45, 2.75) is 219 Å². The van der Waals surface area contributed by atoms with Crippen LogP contribution in [0.15, 0.2) is 24.3 Å². The van der Waals surface area contributed by atoms with E-state index in [1.54, 1.807) is 55.4 Å². The van der Waals surface area contributed by atoms with Gasteiger partial charge in [0.1, 0.15) is 46.4 Å². The molecule has 1 radical (unpaired) electrons. The van der Waals surface area contributed by atoms with Crippen LogP contribution in [0.2, 0.25) is 0 Å². The van der Waals surface area contributed by atoms with Gasteiger partial charge in [-0.2, -0.15) is 18.3 Å². The third kappa shape index (κ3) is 23.4. The molecule has 0 bridgehead atoms. The third-order valence-corrected chi connectivity index (χ3v) is 14.9. The Labute approximate surface area is 557 Å². The zero-order valence-corrected chi connectivity index (χ0v) is 58.9. The molecule has 481 valence electrons. The SMILES string of the molecule is C.C.CCOC(=O)[C@@]12C[C@H]1/C=C\CCCCC[C@H](NC(=O)OC(C)(C)C)C(=O)N1CC(OS(C)(=O)=O)C[C@H]1C(=O)N2.I[I-]I.[CH2-]c1nnn(C2C[C@H]3C(=O)N[C@]4(C(=O)OCC)C[C@H]4/C=C\CCCCC[C@H](NC(=O)OC(C)(C)C)C(=O)N3C2)n1.[Y]. The second-order valence-electron chi connectivity index (χ2n) is 23.2. The molecule has 7 rings (SSSR count). The van der Waals surface area contributed by atoms with Crippen molar-refractivity contribution in [2.24, 2.45) is 11.8 Å². The minimum absolute atomic E-state index is 0. The van der Waals surface area contributed by atoms with Gasteiger partial charge in [-0.05, 0) is 112 Å². The molecule has 2 unspecified atom stereocenters. The number of amides is 6. The summed E-state index contributed by atoms with van der Waals surface area (Å²) in [5, 5.41) is 23.1. The number of halogens is 3. The number of fused-ring (bicyclic) bond motifs is 4. The molecule has 2 saturated carbocycles. The first kappa shape index (κ1) is 78.1. The minimum atomic E-state index is -3.87. The van der Waals surface area contributed by atoms with E-state index in [-0.39, 0.29) is 104 Å². The van der Waals surface area contributed by atoms with Crippen molar-refractivity contribution in [1.82, 2.24) is 51.3 Å². The Morgan fingerprint density at radius 3 is 1.54 bits per heavy atom. The van der Waals surface area contributed by atoms with E-state index < -0.39 is 116 Å². The van der Waals surface area contributed by atoms with Gasteiger partial charge in [0.25, 0.3) is 10.1 Å². The molecule has 5 heterocycles. The van der Waals surface area contributed by atoms with Gasteiger partial charge in [0, 0.05) is 76.3 Å². The largest absolute Gasteiger partial charge is 0.464 e. The molecule has 0 aromatic carbocycles. The predicted octanol–water partition coefficient (Wildman–Crippen LogP) is 3.68. The van der Waals surface area contributed by atoms with Crippen LogP contribution in [-0.4, -0.2) is 171 Å². The Bertz CT molecular complexity index is 2620. The van der Waals surface area contributed by atoms with Gasteiger partial charge in [-0.25, -0.2) is 19.2 Å². The van der Waals surface area contributed by atoms with Crippen LogP contribution in [-0.2, 0) is 94.7 Å². The van der Waals surface area contributed by atoms with Gasteiger partial charge in [-0.3, -0.25) is 23.4 Å². The summed E-state index contributed by atoms with van der Waals surface area (Å²) >= 11 is 5.30. The van der Waals surface area contributed by atoms with Crippen molar-refractivity contribution < 1.29 is 116 Å². The molecule has 1 aromatic heterocycles. The summed E-state index contributed by atoms with van der Waals surface area (Å²) < 4.78 is 50.2. The summed E-state index contributed by atoms with van der Waals surface area (Å²) in [6, 6.07) is -4.39. The van der Waals surface area contributed by atoms with Crippen molar-refractivity contribution in [1.29, 1.82) is 0 Å². The quantitative estimate of drug-likeness (QED) is 0.0684. The molecule has 0 spiro atoms. The summed E-state index contributed by atoms with van der Waals surface area (Å²) in [4.78, 5) is 110. The van der Waals surface area contributed by atoms with E-state index in [1.165, 1.54) is 14.6 Å². The number of carbonyl (C=O) groups excluding carboxylic acids is 8. The van der Waals surface area contributed by atoms with Crippen molar-refractivity contribution in [3.63, 3.8) is 0 Å². The zero-order valence-electron chi connectivity index (χ0n) is 48.8. The fourth-order valence-electron chi connectivity index (χ4n) is 10.4. The second kappa shape index (κ2) is 34.8. The van der Waals surface area contributed by atoms with E-state index in [1.807, 2.05) is 24.3 Å². The van der Waals surface area contributed by atoms with Crippen LogP contribution >= 0.6 is 37.2 Å². The minimum Gasteiger partial charge on any atom is -0.464 e. The average Bonchev–Trinajstić information content (AvgIpc) is 1.91. The molecule has 25 nitrogen and oxygen atoms in total. The molecular formula is C55H89I3N10O15SY-2. The van der Waals surface area contributed by atoms with Crippen molar-refractivity contribution in [3.05, 3.63) is 37.1 Å². The summed E-state index contributed by atoms with van der Waals surface area (Å²) in [6.45, 7) is 17.7. The first-order valence-corrected chi connectivity index (χ1v) is 42.2. The normalized spacial score (nSPS) is 28.7. The smallest absolute Gasteiger partial charge is 0.408 e. The molecule has 6 aliphatic rings. The Morgan fingerprint density at radius 2 is 1.15 bits per heavy atom. The summed E-state index contributed by atoms with van der Waals surface area (Å²) in [5.74, 6) is -3.30. The Kier molecular flexibility index (Phi) is 32.0. The molecule has 2 saturated heterocycles. The number of hydrogen-bond acceptors (Lipinski definition) is 18. The second-order valence-corrected chi connectivity index (χ2v) is 41.0. The number of aromatic nitrogens is 4. The monoisotopic (exact) mass is 1630 g/mol. The van der Waals surface area contributed by atoms with Gasteiger partial charge in [0.05, 0.1) is 31.6 Å². The number of nitrogens with zero attached hydrogens (tertiary/aromatic N) is 6. The molecule has 4 aliphatic heterocycles. The maximum absolute atomic E-state index is 14.0. The van der Waals surface area contributed by atoms with E-state index >= 15 is 0 Å². The van der Waals surface area contributed by atoms with Crippen LogP contribution < -0.4 is 34.5 Å². The number of hydrogen-bond donors (Lipinski definition) is 4. The van der Waals surface area contributed by atoms with Crippen molar-refractivity contribution >= 4 is 95.1 Å². The summed E-state index contributed by atoms with van der Waals surface area (Å²) in [6.07, 6.45) is 14.2. The number of tetrazole rings is 1. The number of alkyl carbamates (subject to hydrolysis) is 2. The number of ether oxygens (including phenoxy) is 4. The summed E-state index contributed by atoms with van der Waals surface area (Å²) in [7, 11) is -3.87. The third-order valence-electron chi connectivity index (χ3n) is 14.3. The molecule has 30 heteroatoms. The number of allylic oxidation sites excluding steroid dienone is 2. The maximum atomic E-state index is 14.0.